The molecule has 2 heterocycles. The van der Waals surface area contributed by atoms with Gasteiger partial charge in [-0.3, -0.25) is 4.79 Å². The van der Waals surface area contributed by atoms with Crippen LogP contribution in [0.5, 0.6) is 0 Å². The first kappa shape index (κ1) is 18.2. The quantitative estimate of drug-likeness (QED) is 0.454. The Morgan fingerprint density at radius 1 is 0.733 bits per heavy atom. The summed E-state index contributed by atoms with van der Waals surface area (Å²) in [7, 11) is 0. The van der Waals surface area contributed by atoms with Gasteiger partial charge in [0.25, 0.3) is 0 Å². The van der Waals surface area contributed by atoms with Crippen molar-refractivity contribution in [3.63, 3.8) is 0 Å². The van der Waals surface area contributed by atoms with Crippen molar-refractivity contribution >= 4 is 16.9 Å². The third kappa shape index (κ3) is 2.86. The summed E-state index contributed by atoms with van der Waals surface area (Å²) in [4.78, 5) is 13.6. The van der Waals surface area contributed by atoms with Crippen molar-refractivity contribution in [3.8, 4) is 0 Å². The van der Waals surface area contributed by atoms with Crippen LogP contribution in [0.15, 0.2) is 118 Å². The largest absolute Gasteiger partial charge is 0.466 e. The molecule has 2 aromatic carbocycles. The van der Waals surface area contributed by atoms with Gasteiger partial charge in [-0.25, -0.2) is 0 Å². The second-order valence-corrected chi connectivity index (χ2v) is 7.09. The van der Waals surface area contributed by atoms with Crippen molar-refractivity contribution in [1.29, 1.82) is 0 Å². The number of benzene rings is 2. The summed E-state index contributed by atoms with van der Waals surface area (Å²) in [5.41, 5.74) is 1.60. The highest BCUT2D eigenvalue weighted by molar-refractivity contribution is 6.24. The number of hydrogen-bond acceptors (Lipinski definition) is 4. The Balaban J connectivity index is 1.84. The van der Waals surface area contributed by atoms with Gasteiger partial charge in [-0.15, -0.1) is 0 Å². The van der Waals surface area contributed by atoms with E-state index < -0.39 is 5.60 Å². The van der Waals surface area contributed by atoms with Crippen LogP contribution in [0.3, 0.4) is 0 Å². The van der Waals surface area contributed by atoms with Gasteiger partial charge in [-0.2, -0.15) is 0 Å². The number of rotatable bonds is 5. The van der Waals surface area contributed by atoms with Gasteiger partial charge in [-0.1, -0.05) is 60.7 Å². The molecular formula is C26H18O4. The predicted molar refractivity (Wildman–Crippen MR) is 113 cm³/mol. The highest BCUT2D eigenvalue weighted by Crippen LogP contribution is 2.50. The minimum Gasteiger partial charge on any atom is -0.466 e. The van der Waals surface area contributed by atoms with E-state index in [4.69, 9.17) is 8.83 Å². The average Bonchev–Trinajstić information content (AvgIpc) is 3.55. The standard InChI is InChI=1S/C26H18O4/c27-25(21-13-7-15-29-21)24-23(19-11-5-2-6-12-19)20(18-9-3-1-4-10-18)17-26(24,28)22-14-8-16-30-22/h1-17,28H. The molecule has 0 spiro atoms. The summed E-state index contributed by atoms with van der Waals surface area (Å²) in [6.07, 6.45) is 4.63. The third-order valence-corrected chi connectivity index (χ3v) is 5.27. The highest BCUT2D eigenvalue weighted by atomic mass is 16.4. The number of ketones is 1. The van der Waals surface area contributed by atoms with E-state index in [1.54, 1.807) is 30.3 Å². The summed E-state index contributed by atoms with van der Waals surface area (Å²) in [5, 5.41) is 11.9. The second kappa shape index (κ2) is 7.17. The van der Waals surface area contributed by atoms with Gasteiger partial charge < -0.3 is 13.9 Å². The van der Waals surface area contributed by atoms with E-state index in [0.717, 1.165) is 16.7 Å². The van der Waals surface area contributed by atoms with Gasteiger partial charge in [0.15, 0.2) is 11.4 Å². The molecule has 0 amide bonds. The monoisotopic (exact) mass is 394 g/mol. The summed E-state index contributed by atoms with van der Waals surface area (Å²) < 4.78 is 11.0. The van der Waals surface area contributed by atoms with Crippen molar-refractivity contribution in [2.75, 3.05) is 0 Å². The van der Waals surface area contributed by atoms with E-state index in [9.17, 15) is 9.90 Å². The molecule has 1 atom stereocenters. The van der Waals surface area contributed by atoms with E-state index in [0.29, 0.717) is 5.57 Å². The zero-order chi connectivity index (χ0) is 20.6. The number of hydrogen-bond donors (Lipinski definition) is 1. The van der Waals surface area contributed by atoms with Gasteiger partial charge in [0, 0.05) is 5.57 Å². The molecular weight excluding hydrogens is 376 g/mol. The summed E-state index contributed by atoms with van der Waals surface area (Å²) in [5.74, 6) is 0.0443. The van der Waals surface area contributed by atoms with Gasteiger partial charge >= 0.3 is 0 Å². The van der Waals surface area contributed by atoms with E-state index >= 15 is 0 Å². The van der Waals surface area contributed by atoms with Crippen molar-refractivity contribution in [1.82, 2.24) is 0 Å². The number of allylic oxidation sites excluding steroid dienone is 2. The fourth-order valence-corrected chi connectivity index (χ4v) is 3.94. The Morgan fingerprint density at radius 2 is 1.37 bits per heavy atom. The Bertz CT molecular complexity index is 1230. The van der Waals surface area contributed by atoms with Crippen LogP contribution in [0.25, 0.3) is 11.1 Å². The van der Waals surface area contributed by atoms with Crippen LogP contribution in [-0.4, -0.2) is 10.9 Å². The van der Waals surface area contributed by atoms with Crippen LogP contribution >= 0.6 is 0 Å². The number of aliphatic hydroxyl groups is 1. The fourth-order valence-electron chi connectivity index (χ4n) is 3.94. The molecule has 0 radical (unpaired) electrons. The lowest BCUT2D eigenvalue weighted by Crippen LogP contribution is -2.28. The molecule has 30 heavy (non-hydrogen) atoms. The molecule has 0 bridgehead atoms. The van der Waals surface area contributed by atoms with Gasteiger partial charge in [0.05, 0.1) is 18.1 Å². The first-order chi connectivity index (χ1) is 14.7. The maximum atomic E-state index is 13.6. The minimum absolute atomic E-state index is 0.158. The molecule has 1 unspecified atom stereocenters. The lowest BCUT2D eigenvalue weighted by Gasteiger charge is -2.22. The lowest BCUT2D eigenvalue weighted by atomic mass is 9.86. The van der Waals surface area contributed by atoms with E-state index in [-0.39, 0.29) is 22.9 Å². The summed E-state index contributed by atoms with van der Waals surface area (Å²) in [6.45, 7) is 0. The molecule has 1 N–H and O–H groups in total. The Morgan fingerprint density at radius 3 is 1.97 bits per heavy atom. The maximum absolute atomic E-state index is 13.6. The zero-order valence-electron chi connectivity index (χ0n) is 16.0. The smallest absolute Gasteiger partial charge is 0.228 e. The fraction of sp³-hybridized carbons (Fsp3) is 0.0385. The van der Waals surface area contributed by atoms with Gasteiger partial charge in [0.2, 0.25) is 5.78 Å². The molecule has 5 rings (SSSR count). The SMILES string of the molecule is O=C(C1=C(c2ccccc2)C(c2ccccc2)=CC1(O)c1ccco1)c1ccco1. The average molecular weight is 394 g/mol. The number of Topliss-reactive ketones (excluding diaryl/α,β-unsaturated/α-hetero) is 1. The number of carbonyl (C=O) groups is 1. The molecule has 4 nitrogen and oxygen atoms in total. The highest BCUT2D eigenvalue weighted by Gasteiger charge is 2.47. The topological polar surface area (TPSA) is 63.6 Å². The van der Waals surface area contributed by atoms with Crippen molar-refractivity contribution in [2.24, 2.45) is 0 Å². The van der Waals surface area contributed by atoms with E-state index in [1.807, 2.05) is 60.7 Å². The summed E-state index contributed by atoms with van der Waals surface area (Å²) in [6, 6.07) is 25.9. The second-order valence-electron chi connectivity index (χ2n) is 7.09. The molecule has 4 heteroatoms. The third-order valence-electron chi connectivity index (χ3n) is 5.27. The number of carbonyl (C=O) groups excluding carboxylic acids is 1. The lowest BCUT2D eigenvalue weighted by molar-refractivity contribution is 0.0806. The first-order valence-electron chi connectivity index (χ1n) is 9.62. The van der Waals surface area contributed by atoms with Gasteiger partial charge in [-0.05, 0) is 47.0 Å². The number of furan rings is 2. The summed E-state index contributed by atoms with van der Waals surface area (Å²) >= 11 is 0. The molecule has 0 aliphatic heterocycles. The molecule has 0 saturated heterocycles. The van der Waals surface area contributed by atoms with E-state index in [2.05, 4.69) is 0 Å². The van der Waals surface area contributed by atoms with Gasteiger partial charge in [0.1, 0.15) is 5.76 Å². The molecule has 1 aliphatic carbocycles. The van der Waals surface area contributed by atoms with Crippen LogP contribution in [-0.2, 0) is 5.60 Å². The molecule has 1 aliphatic rings. The van der Waals surface area contributed by atoms with Crippen molar-refractivity contribution < 1.29 is 18.7 Å². The Kier molecular flexibility index (Phi) is 4.34. The van der Waals surface area contributed by atoms with E-state index in [1.165, 1.54) is 12.5 Å². The minimum atomic E-state index is -1.73. The maximum Gasteiger partial charge on any atom is 0.228 e. The van der Waals surface area contributed by atoms with Crippen molar-refractivity contribution in [2.45, 2.75) is 5.60 Å². The molecule has 0 fully saturated rings. The Labute approximate surface area is 173 Å². The van der Waals surface area contributed by atoms with Crippen LogP contribution in [0.1, 0.15) is 27.4 Å². The molecule has 146 valence electrons. The molecule has 4 aromatic rings. The van der Waals surface area contributed by atoms with Crippen molar-refractivity contribution in [3.05, 3.63) is 132 Å². The van der Waals surface area contributed by atoms with Crippen LogP contribution in [0.2, 0.25) is 0 Å². The zero-order valence-corrected chi connectivity index (χ0v) is 16.0. The van der Waals surface area contributed by atoms with Crippen LogP contribution in [0, 0.1) is 0 Å². The molecule has 0 saturated carbocycles. The van der Waals surface area contributed by atoms with Crippen LogP contribution in [0.4, 0.5) is 0 Å². The predicted octanol–water partition coefficient (Wildman–Crippen LogP) is 5.49. The first-order valence-corrected chi connectivity index (χ1v) is 9.62. The van der Waals surface area contributed by atoms with Crippen LogP contribution < -0.4 is 0 Å². The molecule has 2 aromatic heterocycles. The Hall–Kier alpha value is -3.89. The normalized spacial score (nSPS) is 18.5.